The summed E-state index contributed by atoms with van der Waals surface area (Å²) in [6.45, 7) is 8.27. The van der Waals surface area contributed by atoms with Crippen LogP contribution in [0.25, 0.3) is 17.2 Å². The Balaban J connectivity index is 1.69. The van der Waals surface area contributed by atoms with Gasteiger partial charge in [0.1, 0.15) is 5.01 Å². The van der Waals surface area contributed by atoms with Crippen molar-refractivity contribution < 1.29 is 9.53 Å². The summed E-state index contributed by atoms with van der Waals surface area (Å²) in [5.74, 6) is 0.238. The van der Waals surface area contributed by atoms with Crippen LogP contribution in [0.2, 0.25) is 0 Å². The van der Waals surface area contributed by atoms with E-state index >= 15 is 0 Å². The van der Waals surface area contributed by atoms with Crippen molar-refractivity contribution in [2.24, 2.45) is 0 Å². The molecular formula is C23H26N6O2S2. The van der Waals surface area contributed by atoms with E-state index in [-0.39, 0.29) is 18.6 Å². The van der Waals surface area contributed by atoms with E-state index in [2.05, 4.69) is 35.0 Å². The highest BCUT2D eigenvalue weighted by Crippen LogP contribution is 2.30. The van der Waals surface area contributed by atoms with Crippen LogP contribution in [-0.4, -0.2) is 49.7 Å². The zero-order chi connectivity index (χ0) is 23.7. The number of hydrogen-bond acceptors (Lipinski definition) is 8. The van der Waals surface area contributed by atoms with Gasteiger partial charge >= 0.3 is 0 Å². The van der Waals surface area contributed by atoms with Gasteiger partial charge in [-0.05, 0) is 39.8 Å². The van der Waals surface area contributed by atoms with Gasteiger partial charge in [-0.3, -0.25) is 4.79 Å². The van der Waals surface area contributed by atoms with Crippen LogP contribution in [-0.2, 0) is 11.3 Å². The SMILES string of the molecule is COCc1c(C(=O)N(C)C(C)c2nc(C)cs2)cnn1-c1nccc(-c2cc(C)sc2C)n1. The van der Waals surface area contributed by atoms with Crippen molar-refractivity contribution in [1.82, 2.24) is 29.6 Å². The van der Waals surface area contributed by atoms with Crippen LogP contribution < -0.4 is 0 Å². The molecule has 4 rings (SSSR count). The standard InChI is InChI=1S/C23H26N6O2S2/c1-13-12-32-21(26-13)15(3)28(5)22(30)18-10-25-29(20(18)11-31-6)23-24-8-7-19(27-23)17-9-14(2)33-16(17)4/h7-10,12,15H,11H2,1-6H3. The van der Waals surface area contributed by atoms with E-state index in [1.165, 1.54) is 9.75 Å². The van der Waals surface area contributed by atoms with Crippen molar-refractivity contribution >= 4 is 28.6 Å². The van der Waals surface area contributed by atoms with Crippen molar-refractivity contribution in [2.45, 2.75) is 40.3 Å². The second-order valence-corrected chi connectivity index (χ2v) is 10.2. The monoisotopic (exact) mass is 482 g/mol. The zero-order valence-electron chi connectivity index (χ0n) is 19.5. The number of rotatable bonds is 7. The summed E-state index contributed by atoms with van der Waals surface area (Å²) in [5, 5.41) is 7.34. The van der Waals surface area contributed by atoms with Crippen molar-refractivity contribution in [3.05, 3.63) is 61.6 Å². The summed E-state index contributed by atoms with van der Waals surface area (Å²) >= 11 is 3.28. The summed E-state index contributed by atoms with van der Waals surface area (Å²) in [4.78, 5) is 31.2. The number of thiazole rings is 1. The number of aromatic nitrogens is 5. The first-order chi connectivity index (χ1) is 15.8. The predicted molar refractivity (Wildman–Crippen MR) is 130 cm³/mol. The van der Waals surface area contributed by atoms with Gasteiger partial charge < -0.3 is 9.64 Å². The quantitative estimate of drug-likeness (QED) is 0.378. The molecule has 10 heteroatoms. The van der Waals surface area contributed by atoms with Gasteiger partial charge in [-0.25, -0.2) is 15.0 Å². The minimum atomic E-state index is -0.167. The van der Waals surface area contributed by atoms with E-state index in [0.717, 1.165) is 22.0 Å². The smallest absolute Gasteiger partial charge is 0.257 e. The van der Waals surface area contributed by atoms with E-state index in [4.69, 9.17) is 9.72 Å². The Bertz CT molecular complexity index is 1290. The normalized spacial score (nSPS) is 12.2. The number of hydrogen-bond donors (Lipinski definition) is 0. The minimum absolute atomic E-state index is 0.158. The zero-order valence-corrected chi connectivity index (χ0v) is 21.1. The predicted octanol–water partition coefficient (Wildman–Crippen LogP) is 4.75. The average Bonchev–Trinajstić information content (AvgIpc) is 3.51. The Labute approximate surface area is 200 Å². The molecule has 0 saturated heterocycles. The summed E-state index contributed by atoms with van der Waals surface area (Å²) in [6, 6.07) is 3.84. The Morgan fingerprint density at radius 2 is 2.06 bits per heavy atom. The number of methoxy groups -OCH3 is 1. The van der Waals surface area contributed by atoms with E-state index < -0.39 is 0 Å². The molecule has 1 atom stereocenters. The fraction of sp³-hybridized carbons (Fsp3) is 0.348. The number of thiophene rings is 1. The molecule has 0 N–H and O–H groups in total. The topological polar surface area (TPSA) is 86.0 Å². The molecule has 1 unspecified atom stereocenters. The van der Waals surface area contributed by atoms with Gasteiger partial charge in [-0.1, -0.05) is 0 Å². The molecule has 1 amide bonds. The highest BCUT2D eigenvalue weighted by Gasteiger charge is 2.26. The van der Waals surface area contributed by atoms with Gasteiger partial charge in [0.05, 0.1) is 35.8 Å². The molecule has 4 heterocycles. The molecule has 0 aromatic carbocycles. The van der Waals surface area contributed by atoms with Gasteiger partial charge in [-0.15, -0.1) is 22.7 Å². The van der Waals surface area contributed by atoms with Crippen LogP contribution in [0.3, 0.4) is 0 Å². The second kappa shape index (κ2) is 9.50. The maximum absolute atomic E-state index is 13.4. The number of ether oxygens (including phenoxy) is 1. The molecule has 8 nitrogen and oxygen atoms in total. The summed E-state index contributed by atoms with van der Waals surface area (Å²) in [7, 11) is 3.36. The molecule has 0 saturated carbocycles. The first-order valence-corrected chi connectivity index (χ1v) is 12.2. The maximum atomic E-state index is 13.4. The maximum Gasteiger partial charge on any atom is 0.257 e. The average molecular weight is 483 g/mol. The lowest BCUT2D eigenvalue weighted by Gasteiger charge is -2.23. The Morgan fingerprint density at radius 1 is 1.27 bits per heavy atom. The van der Waals surface area contributed by atoms with Gasteiger partial charge in [-0.2, -0.15) is 9.78 Å². The van der Waals surface area contributed by atoms with Gasteiger partial charge in [0.2, 0.25) is 0 Å². The van der Waals surface area contributed by atoms with Crippen LogP contribution in [0, 0.1) is 20.8 Å². The third-order valence-corrected chi connectivity index (χ3v) is 7.52. The van der Waals surface area contributed by atoms with Crippen molar-refractivity contribution in [1.29, 1.82) is 0 Å². The van der Waals surface area contributed by atoms with Crippen molar-refractivity contribution in [3.8, 4) is 17.2 Å². The van der Waals surface area contributed by atoms with E-state index in [9.17, 15) is 4.79 Å². The third-order valence-electron chi connectivity index (χ3n) is 5.43. The van der Waals surface area contributed by atoms with Crippen LogP contribution >= 0.6 is 22.7 Å². The number of aryl methyl sites for hydroxylation is 3. The Hall–Kier alpha value is -2.95. The molecular weight excluding hydrogens is 456 g/mol. The fourth-order valence-corrected chi connectivity index (χ4v) is 5.41. The number of nitrogens with zero attached hydrogens (tertiary/aromatic N) is 6. The Kier molecular flexibility index (Phi) is 6.68. The second-order valence-electron chi connectivity index (χ2n) is 7.84. The Morgan fingerprint density at radius 3 is 2.70 bits per heavy atom. The van der Waals surface area contributed by atoms with Crippen LogP contribution in [0.4, 0.5) is 0 Å². The minimum Gasteiger partial charge on any atom is -0.378 e. The third kappa shape index (κ3) is 4.59. The van der Waals surface area contributed by atoms with Gasteiger partial charge in [0.15, 0.2) is 0 Å². The first-order valence-electron chi connectivity index (χ1n) is 10.5. The van der Waals surface area contributed by atoms with E-state index in [1.807, 2.05) is 25.3 Å². The largest absolute Gasteiger partial charge is 0.378 e. The molecule has 0 bridgehead atoms. The molecule has 0 aliphatic heterocycles. The lowest BCUT2D eigenvalue weighted by Crippen LogP contribution is -2.30. The van der Waals surface area contributed by atoms with E-state index in [0.29, 0.717) is 17.2 Å². The van der Waals surface area contributed by atoms with Crippen LogP contribution in [0.5, 0.6) is 0 Å². The van der Waals surface area contributed by atoms with E-state index in [1.54, 1.807) is 58.8 Å². The van der Waals surface area contributed by atoms with Gasteiger partial charge in [0, 0.05) is 46.7 Å². The number of carbonyl (C=O) groups excluding carboxylic acids is 1. The highest BCUT2D eigenvalue weighted by atomic mass is 32.1. The molecule has 0 spiro atoms. The fourth-order valence-electron chi connectivity index (χ4n) is 3.58. The molecule has 0 fully saturated rings. The van der Waals surface area contributed by atoms with Crippen LogP contribution in [0.15, 0.2) is 29.9 Å². The highest BCUT2D eigenvalue weighted by molar-refractivity contribution is 7.12. The number of carbonyl (C=O) groups is 1. The molecule has 4 aromatic rings. The lowest BCUT2D eigenvalue weighted by molar-refractivity contribution is 0.0737. The molecule has 172 valence electrons. The molecule has 0 aliphatic rings. The van der Waals surface area contributed by atoms with Gasteiger partial charge in [0.25, 0.3) is 11.9 Å². The van der Waals surface area contributed by atoms with Crippen molar-refractivity contribution in [2.75, 3.05) is 14.2 Å². The first kappa shape index (κ1) is 23.2. The molecule has 33 heavy (non-hydrogen) atoms. The molecule has 0 radical (unpaired) electrons. The van der Waals surface area contributed by atoms with Crippen molar-refractivity contribution in [3.63, 3.8) is 0 Å². The lowest BCUT2D eigenvalue weighted by atomic mass is 10.2. The molecule has 4 aromatic heterocycles. The summed E-state index contributed by atoms with van der Waals surface area (Å²) < 4.78 is 6.99. The van der Waals surface area contributed by atoms with Crippen LogP contribution in [0.1, 0.15) is 49.5 Å². The molecule has 0 aliphatic carbocycles. The summed E-state index contributed by atoms with van der Waals surface area (Å²) in [6.07, 6.45) is 3.27. The number of amides is 1. The summed E-state index contributed by atoms with van der Waals surface area (Å²) in [5.41, 5.74) is 3.90.